The number of aliphatic carboxylic acids is 1. The molecule has 0 spiro atoms. The molecule has 1 amide bonds. The molecule has 0 fully saturated rings. The lowest BCUT2D eigenvalue weighted by molar-refractivity contribution is -0.137. The van der Waals surface area contributed by atoms with Crippen molar-refractivity contribution in [2.45, 2.75) is 19.9 Å². The number of carbonyl (C=O) groups excluding carboxylic acids is 1. The second-order valence-electron chi connectivity index (χ2n) is 8.24. The average molecular weight is 443 g/mol. The van der Waals surface area contributed by atoms with Crippen molar-refractivity contribution in [3.63, 3.8) is 0 Å². The van der Waals surface area contributed by atoms with E-state index in [1.54, 1.807) is 21.6 Å². The highest BCUT2D eigenvalue weighted by Crippen LogP contribution is 2.34. The van der Waals surface area contributed by atoms with E-state index in [-0.39, 0.29) is 18.3 Å². The first-order chi connectivity index (χ1) is 15.9. The second-order valence-corrected chi connectivity index (χ2v) is 8.24. The summed E-state index contributed by atoms with van der Waals surface area (Å²) in [4.78, 5) is 31.0. The predicted octanol–water partition coefficient (Wildman–Crippen LogP) is 4.65. The summed E-state index contributed by atoms with van der Waals surface area (Å²) in [7, 11) is 0. The summed E-state index contributed by atoms with van der Waals surface area (Å²) in [6.07, 6.45) is 2.70. The van der Waals surface area contributed by atoms with E-state index in [9.17, 15) is 19.1 Å². The molecule has 2 aromatic carbocycles. The number of carboxylic acid groups (broad SMARTS) is 1. The van der Waals surface area contributed by atoms with E-state index in [0.29, 0.717) is 36.1 Å². The van der Waals surface area contributed by atoms with Crippen LogP contribution in [0.25, 0.3) is 27.4 Å². The predicted molar refractivity (Wildman–Crippen MR) is 125 cm³/mol. The summed E-state index contributed by atoms with van der Waals surface area (Å²) in [5.41, 5.74) is 4.21. The zero-order valence-corrected chi connectivity index (χ0v) is 18.1. The molecule has 0 saturated heterocycles. The minimum absolute atomic E-state index is 0.163. The Bertz CT molecular complexity index is 1450. The summed E-state index contributed by atoms with van der Waals surface area (Å²) in [6.45, 7) is 2.52. The molecule has 3 heterocycles. The van der Waals surface area contributed by atoms with Crippen LogP contribution in [0.5, 0.6) is 0 Å². The zero-order chi connectivity index (χ0) is 23.1. The van der Waals surface area contributed by atoms with Crippen LogP contribution in [0.2, 0.25) is 0 Å². The molecule has 0 unspecified atom stereocenters. The van der Waals surface area contributed by atoms with Crippen LogP contribution in [-0.4, -0.2) is 44.5 Å². The van der Waals surface area contributed by atoms with E-state index in [1.165, 1.54) is 12.1 Å². The van der Waals surface area contributed by atoms with Crippen molar-refractivity contribution in [2.24, 2.45) is 0 Å². The number of halogens is 1. The van der Waals surface area contributed by atoms with Crippen LogP contribution >= 0.6 is 0 Å². The van der Waals surface area contributed by atoms with Gasteiger partial charge in [0.15, 0.2) is 0 Å². The van der Waals surface area contributed by atoms with Gasteiger partial charge in [-0.1, -0.05) is 30.3 Å². The van der Waals surface area contributed by atoms with Gasteiger partial charge in [-0.25, -0.2) is 9.37 Å². The van der Waals surface area contributed by atoms with Gasteiger partial charge in [-0.3, -0.25) is 9.59 Å². The van der Waals surface area contributed by atoms with Gasteiger partial charge in [0.1, 0.15) is 18.1 Å². The molecule has 2 aromatic heterocycles. The maximum Gasteiger partial charge on any atom is 0.323 e. The van der Waals surface area contributed by atoms with Gasteiger partial charge < -0.3 is 14.6 Å². The van der Waals surface area contributed by atoms with Crippen LogP contribution in [-0.2, 0) is 11.3 Å². The van der Waals surface area contributed by atoms with Crippen molar-refractivity contribution in [3.8, 4) is 0 Å². The molecular formula is C26H22FN3O3. The maximum atomic E-state index is 14.1. The highest BCUT2D eigenvalue weighted by atomic mass is 19.1. The molecule has 0 saturated carbocycles. The lowest BCUT2D eigenvalue weighted by Gasteiger charge is -2.27. The Kier molecular flexibility index (Phi) is 5.17. The van der Waals surface area contributed by atoms with Crippen molar-refractivity contribution in [1.29, 1.82) is 0 Å². The Labute approximate surface area is 189 Å². The number of nitrogens with zero attached hydrogens (tertiary/aromatic N) is 3. The monoisotopic (exact) mass is 443 g/mol. The third kappa shape index (κ3) is 3.75. The van der Waals surface area contributed by atoms with Crippen LogP contribution in [0.15, 0.2) is 60.7 Å². The van der Waals surface area contributed by atoms with Crippen molar-refractivity contribution in [1.82, 2.24) is 14.5 Å². The van der Waals surface area contributed by atoms with Gasteiger partial charge in [0.2, 0.25) is 0 Å². The van der Waals surface area contributed by atoms with Gasteiger partial charge in [-0.15, -0.1) is 0 Å². The van der Waals surface area contributed by atoms with Crippen molar-refractivity contribution < 1.29 is 19.1 Å². The first-order valence-electron chi connectivity index (χ1n) is 10.8. The quantitative estimate of drug-likeness (QED) is 0.498. The topological polar surface area (TPSA) is 75.4 Å². The normalized spacial score (nSPS) is 14.0. The third-order valence-corrected chi connectivity index (χ3v) is 6.16. The summed E-state index contributed by atoms with van der Waals surface area (Å²) >= 11 is 0. The minimum atomic E-state index is -0.970. The molecule has 0 bridgehead atoms. The SMILES string of the molecule is Cc1c(C2=CCCN(C(=O)c3ccc4ccccc4n3)C2)c2cc(F)ccc2n1CC(=O)O. The molecule has 0 atom stereocenters. The number of rotatable bonds is 4. The minimum Gasteiger partial charge on any atom is -0.480 e. The van der Waals surface area contributed by atoms with Crippen molar-refractivity contribution in [3.05, 3.63) is 83.4 Å². The van der Waals surface area contributed by atoms with Gasteiger partial charge >= 0.3 is 5.97 Å². The first-order valence-corrected chi connectivity index (χ1v) is 10.8. The van der Waals surface area contributed by atoms with Gasteiger partial charge in [-0.2, -0.15) is 0 Å². The van der Waals surface area contributed by atoms with E-state index in [4.69, 9.17) is 0 Å². The Morgan fingerprint density at radius 3 is 2.76 bits per heavy atom. The fraction of sp³-hybridized carbons (Fsp3) is 0.192. The molecule has 5 rings (SSSR count). The fourth-order valence-corrected chi connectivity index (χ4v) is 4.64. The number of fused-ring (bicyclic) bond motifs is 2. The van der Waals surface area contributed by atoms with E-state index < -0.39 is 5.97 Å². The first kappa shape index (κ1) is 20.9. The molecule has 4 aromatic rings. The molecule has 6 nitrogen and oxygen atoms in total. The van der Waals surface area contributed by atoms with Gasteiger partial charge in [0.25, 0.3) is 5.91 Å². The molecule has 1 N–H and O–H groups in total. The van der Waals surface area contributed by atoms with Crippen LogP contribution in [0, 0.1) is 12.7 Å². The third-order valence-electron chi connectivity index (χ3n) is 6.16. The number of benzene rings is 2. The van der Waals surface area contributed by atoms with Crippen molar-refractivity contribution >= 4 is 39.3 Å². The molecule has 1 aliphatic heterocycles. The van der Waals surface area contributed by atoms with Gasteiger partial charge in [-0.05, 0) is 49.2 Å². The number of aromatic nitrogens is 2. The fourth-order valence-electron chi connectivity index (χ4n) is 4.64. The molecular weight excluding hydrogens is 421 g/mol. The lowest BCUT2D eigenvalue weighted by Crippen LogP contribution is -2.36. The second kappa shape index (κ2) is 8.16. The van der Waals surface area contributed by atoms with Crippen LogP contribution in [0.1, 0.15) is 28.2 Å². The average Bonchev–Trinajstić information content (AvgIpc) is 3.08. The Balaban J connectivity index is 1.51. The van der Waals surface area contributed by atoms with E-state index in [2.05, 4.69) is 11.1 Å². The largest absolute Gasteiger partial charge is 0.480 e. The number of hydrogen-bond acceptors (Lipinski definition) is 3. The number of carbonyl (C=O) groups is 2. The smallest absolute Gasteiger partial charge is 0.323 e. The van der Waals surface area contributed by atoms with Crippen molar-refractivity contribution in [2.75, 3.05) is 13.1 Å². The Hall–Kier alpha value is -4.00. The Morgan fingerprint density at radius 2 is 1.94 bits per heavy atom. The molecule has 33 heavy (non-hydrogen) atoms. The summed E-state index contributed by atoms with van der Waals surface area (Å²) in [5, 5.41) is 11.0. The standard InChI is InChI=1S/C26H22FN3O3/c1-16-25(20-13-19(27)9-11-23(20)30(16)15-24(31)32)18-6-4-12-29(14-18)26(33)22-10-8-17-5-2-3-7-21(17)28-22/h2-3,5-11,13H,4,12,14-15H2,1H3,(H,31,32). The van der Waals surface area contributed by atoms with Crippen LogP contribution < -0.4 is 0 Å². The zero-order valence-electron chi connectivity index (χ0n) is 18.1. The number of carboxylic acids is 1. The molecule has 166 valence electrons. The number of hydrogen-bond donors (Lipinski definition) is 1. The van der Waals surface area contributed by atoms with E-state index in [0.717, 1.165) is 27.7 Å². The summed E-state index contributed by atoms with van der Waals surface area (Å²) in [6, 6.07) is 15.7. The lowest BCUT2D eigenvalue weighted by atomic mass is 9.98. The van der Waals surface area contributed by atoms with E-state index in [1.807, 2.05) is 37.3 Å². The number of pyridine rings is 1. The highest BCUT2D eigenvalue weighted by Gasteiger charge is 2.25. The van der Waals surface area contributed by atoms with Gasteiger partial charge in [0.05, 0.1) is 5.52 Å². The number of amides is 1. The maximum absolute atomic E-state index is 14.1. The molecule has 7 heteroatoms. The molecule has 1 aliphatic rings. The number of para-hydroxylation sites is 1. The highest BCUT2D eigenvalue weighted by molar-refractivity contribution is 5.99. The summed E-state index contributed by atoms with van der Waals surface area (Å²) in [5.74, 6) is -1.52. The molecule has 0 radical (unpaired) electrons. The molecule has 0 aliphatic carbocycles. The Morgan fingerprint density at radius 1 is 1.12 bits per heavy atom. The van der Waals surface area contributed by atoms with Crippen LogP contribution in [0.3, 0.4) is 0 Å². The van der Waals surface area contributed by atoms with Gasteiger partial charge in [0, 0.05) is 40.6 Å². The van der Waals surface area contributed by atoms with Crippen LogP contribution in [0.4, 0.5) is 4.39 Å². The summed E-state index contributed by atoms with van der Waals surface area (Å²) < 4.78 is 15.8. The van der Waals surface area contributed by atoms with E-state index >= 15 is 0 Å².